The Labute approximate surface area is 91.6 Å². The van der Waals surface area contributed by atoms with Gasteiger partial charge in [0, 0.05) is 10.6 Å². The van der Waals surface area contributed by atoms with Crippen molar-refractivity contribution in [2.75, 3.05) is 0 Å². The lowest BCUT2D eigenvalue weighted by Gasteiger charge is -2.18. The molecule has 0 aliphatic heterocycles. The first-order valence-corrected chi connectivity index (χ1v) is 4.70. The van der Waals surface area contributed by atoms with Crippen molar-refractivity contribution in [2.24, 2.45) is 0 Å². The van der Waals surface area contributed by atoms with Crippen LogP contribution in [0.5, 0.6) is 0 Å². The summed E-state index contributed by atoms with van der Waals surface area (Å²) in [6.45, 7) is 0. The first-order valence-electron chi connectivity index (χ1n) is 3.52. The van der Waals surface area contributed by atoms with Crippen molar-refractivity contribution in [3.8, 4) is 0 Å². The molecule has 0 spiro atoms. The molecule has 0 amide bonds. The van der Waals surface area contributed by atoms with Gasteiger partial charge in [-0.05, 0) is 28.1 Å². The Bertz CT molecular complexity index is 320. The Morgan fingerprint density at radius 2 is 2.00 bits per heavy atom. The summed E-state index contributed by atoms with van der Waals surface area (Å²) in [5, 5.41) is 8.86. The molecular weight excluding hydrogens is 284 g/mol. The van der Waals surface area contributed by atoms with Crippen molar-refractivity contribution in [2.45, 2.75) is 10.9 Å². The van der Waals surface area contributed by atoms with E-state index in [0.29, 0.717) is 0 Å². The Kier molecular flexibility index (Phi) is 3.44. The Morgan fingerprint density at radius 1 is 1.43 bits per heavy atom. The zero-order valence-corrected chi connectivity index (χ0v) is 8.99. The number of hydrogen-bond donors (Lipinski definition) is 1. The van der Waals surface area contributed by atoms with E-state index in [2.05, 4.69) is 0 Å². The van der Waals surface area contributed by atoms with Crippen LogP contribution in [0.25, 0.3) is 0 Å². The smallest absolute Gasteiger partial charge is 0.330 e. The highest BCUT2D eigenvalue weighted by Gasteiger charge is 2.38. The number of hydrogen-bond acceptors (Lipinski definition) is 1. The number of rotatable bonds is 2. The van der Waals surface area contributed by atoms with E-state index in [4.69, 9.17) is 16.7 Å². The van der Waals surface area contributed by atoms with Gasteiger partial charge in [0.1, 0.15) is 5.82 Å². The van der Waals surface area contributed by atoms with E-state index in [1.807, 2.05) is 15.9 Å². The third kappa shape index (κ3) is 2.40. The first-order chi connectivity index (χ1) is 6.34. The highest BCUT2D eigenvalue weighted by molar-refractivity contribution is 9.10. The van der Waals surface area contributed by atoms with Crippen LogP contribution in [0, 0.1) is 5.82 Å². The fraction of sp³-hybridized carbons (Fsp3) is 0.250. The standard InChI is InChI=1S/C8H5BrClF3O/c9-8(12,13)7(14)6-4(10)2-1-3-5(6)11/h1-3,7,14H. The SMILES string of the molecule is OC(c1c(F)cccc1Cl)C(F)(F)Br. The van der Waals surface area contributed by atoms with E-state index < -0.39 is 22.3 Å². The van der Waals surface area contributed by atoms with Gasteiger partial charge in [-0.1, -0.05) is 17.7 Å². The lowest BCUT2D eigenvalue weighted by molar-refractivity contribution is -0.0311. The van der Waals surface area contributed by atoms with Crippen LogP contribution in [0.15, 0.2) is 18.2 Å². The largest absolute Gasteiger partial charge is 0.381 e. The lowest BCUT2D eigenvalue weighted by atomic mass is 10.1. The van der Waals surface area contributed by atoms with Crippen LogP contribution in [-0.2, 0) is 0 Å². The summed E-state index contributed by atoms with van der Waals surface area (Å²) in [7, 11) is 0. The minimum atomic E-state index is -3.61. The maximum absolute atomic E-state index is 13.0. The van der Waals surface area contributed by atoms with E-state index in [1.165, 1.54) is 12.1 Å². The fourth-order valence-electron chi connectivity index (χ4n) is 0.936. The van der Waals surface area contributed by atoms with Crippen molar-refractivity contribution in [1.82, 2.24) is 0 Å². The Morgan fingerprint density at radius 3 is 2.43 bits per heavy atom. The second-order valence-electron chi connectivity index (χ2n) is 2.58. The Hall–Kier alpha value is -0.260. The van der Waals surface area contributed by atoms with Gasteiger partial charge in [-0.25, -0.2) is 4.39 Å². The maximum atomic E-state index is 13.0. The fourth-order valence-corrected chi connectivity index (χ4v) is 1.43. The number of aliphatic hydroxyl groups is 1. The predicted molar refractivity (Wildman–Crippen MR) is 50.2 cm³/mol. The van der Waals surface area contributed by atoms with Crippen molar-refractivity contribution >= 4 is 27.5 Å². The van der Waals surface area contributed by atoms with Gasteiger partial charge in [-0.3, -0.25) is 0 Å². The van der Waals surface area contributed by atoms with Crippen LogP contribution in [-0.4, -0.2) is 9.94 Å². The molecule has 1 unspecified atom stereocenters. The summed E-state index contributed by atoms with van der Waals surface area (Å²) in [5.41, 5.74) is -0.615. The van der Waals surface area contributed by atoms with Crippen LogP contribution in [0.2, 0.25) is 5.02 Å². The summed E-state index contributed by atoms with van der Waals surface area (Å²) in [4.78, 5) is -3.61. The molecule has 0 radical (unpaired) electrons. The molecule has 1 N–H and O–H groups in total. The molecule has 0 saturated heterocycles. The lowest BCUT2D eigenvalue weighted by Crippen LogP contribution is -2.19. The molecule has 0 aromatic heterocycles. The normalized spacial score (nSPS) is 14.1. The molecule has 0 saturated carbocycles. The van der Waals surface area contributed by atoms with Crippen molar-refractivity contribution in [3.05, 3.63) is 34.6 Å². The van der Waals surface area contributed by atoms with Crippen molar-refractivity contribution in [3.63, 3.8) is 0 Å². The quantitative estimate of drug-likeness (QED) is 0.826. The molecule has 1 rings (SSSR count). The molecule has 1 nitrogen and oxygen atoms in total. The monoisotopic (exact) mass is 288 g/mol. The molecule has 0 fully saturated rings. The average molecular weight is 289 g/mol. The van der Waals surface area contributed by atoms with Crippen LogP contribution in [0.1, 0.15) is 11.7 Å². The van der Waals surface area contributed by atoms with E-state index >= 15 is 0 Å². The summed E-state index contributed by atoms with van der Waals surface area (Å²) >= 11 is 7.42. The number of aliphatic hydroxyl groups excluding tert-OH is 1. The molecule has 1 atom stereocenters. The number of halogens is 5. The second kappa shape index (κ2) is 4.08. The minimum absolute atomic E-state index is 0.239. The zero-order valence-electron chi connectivity index (χ0n) is 6.65. The van der Waals surface area contributed by atoms with Crippen LogP contribution in [0.3, 0.4) is 0 Å². The summed E-state index contributed by atoms with van der Waals surface area (Å²) < 4.78 is 38.2. The molecule has 1 aromatic carbocycles. The first kappa shape index (κ1) is 11.8. The van der Waals surface area contributed by atoms with Gasteiger partial charge < -0.3 is 5.11 Å². The third-order valence-electron chi connectivity index (χ3n) is 1.58. The third-order valence-corrected chi connectivity index (χ3v) is 2.35. The molecule has 1 aromatic rings. The van der Waals surface area contributed by atoms with E-state index in [9.17, 15) is 13.2 Å². The molecule has 0 heterocycles. The van der Waals surface area contributed by atoms with E-state index in [1.54, 1.807) is 0 Å². The highest BCUT2D eigenvalue weighted by atomic mass is 79.9. The summed E-state index contributed by atoms with van der Waals surface area (Å²) in [6.07, 6.45) is -2.31. The van der Waals surface area contributed by atoms with E-state index in [-0.39, 0.29) is 5.02 Å². The number of benzene rings is 1. The van der Waals surface area contributed by atoms with Crippen LogP contribution >= 0.6 is 27.5 Å². The summed E-state index contributed by atoms with van der Waals surface area (Å²) in [6, 6.07) is 3.44. The molecular formula is C8H5BrClF3O. The number of alkyl halides is 3. The topological polar surface area (TPSA) is 20.2 Å². The molecule has 6 heteroatoms. The molecule has 78 valence electrons. The second-order valence-corrected chi connectivity index (χ2v) is 4.04. The summed E-state index contributed by atoms with van der Waals surface area (Å²) in [5.74, 6) is -0.968. The Balaban J connectivity index is 3.19. The van der Waals surface area contributed by atoms with Crippen LogP contribution in [0.4, 0.5) is 13.2 Å². The molecule has 0 aliphatic carbocycles. The average Bonchev–Trinajstić information content (AvgIpc) is 2.01. The van der Waals surface area contributed by atoms with E-state index in [0.717, 1.165) is 6.07 Å². The molecule has 14 heavy (non-hydrogen) atoms. The van der Waals surface area contributed by atoms with Gasteiger partial charge in [-0.15, -0.1) is 0 Å². The maximum Gasteiger partial charge on any atom is 0.330 e. The van der Waals surface area contributed by atoms with Crippen molar-refractivity contribution < 1.29 is 18.3 Å². The highest BCUT2D eigenvalue weighted by Crippen LogP contribution is 2.40. The zero-order chi connectivity index (χ0) is 10.9. The van der Waals surface area contributed by atoms with Gasteiger partial charge >= 0.3 is 4.83 Å². The van der Waals surface area contributed by atoms with Gasteiger partial charge in [0.05, 0.1) is 0 Å². The molecule has 0 bridgehead atoms. The predicted octanol–water partition coefficient (Wildman–Crippen LogP) is 3.50. The van der Waals surface area contributed by atoms with Gasteiger partial charge in [0.25, 0.3) is 0 Å². The van der Waals surface area contributed by atoms with Crippen molar-refractivity contribution in [1.29, 1.82) is 0 Å². The molecule has 0 aliphatic rings. The van der Waals surface area contributed by atoms with Gasteiger partial charge in [-0.2, -0.15) is 8.78 Å². The van der Waals surface area contributed by atoms with Crippen LogP contribution < -0.4 is 0 Å². The van der Waals surface area contributed by atoms with Gasteiger partial charge in [0.2, 0.25) is 0 Å². The van der Waals surface area contributed by atoms with Gasteiger partial charge in [0.15, 0.2) is 6.10 Å². The minimum Gasteiger partial charge on any atom is -0.381 e.